The Morgan fingerprint density at radius 2 is 1.70 bits per heavy atom. The molecule has 1 fully saturated rings. The number of aryl methyl sites for hydroxylation is 2. The van der Waals surface area contributed by atoms with Crippen molar-refractivity contribution in [3.05, 3.63) is 101 Å². The van der Waals surface area contributed by atoms with E-state index in [9.17, 15) is 8.42 Å². The lowest BCUT2D eigenvalue weighted by Gasteiger charge is -2.36. The number of nitrogens with zero attached hydrogens (tertiary/aromatic N) is 1. The zero-order chi connectivity index (χ0) is 23.2. The molecule has 3 aromatic carbocycles. The third-order valence-corrected chi connectivity index (χ3v) is 8.24. The normalized spacial score (nSPS) is 18.4. The Hall–Kier alpha value is -2.96. The van der Waals surface area contributed by atoms with Crippen LogP contribution in [0.5, 0.6) is 0 Å². The van der Waals surface area contributed by atoms with Gasteiger partial charge in [0, 0.05) is 11.6 Å². The van der Waals surface area contributed by atoms with Gasteiger partial charge >= 0.3 is 0 Å². The van der Waals surface area contributed by atoms with Crippen molar-refractivity contribution in [3.63, 3.8) is 0 Å². The van der Waals surface area contributed by atoms with Crippen molar-refractivity contribution in [2.45, 2.75) is 50.2 Å². The molecule has 4 aromatic rings. The van der Waals surface area contributed by atoms with E-state index in [-0.39, 0.29) is 22.4 Å². The molecule has 5 rings (SSSR count). The first-order valence-corrected chi connectivity index (χ1v) is 12.6. The summed E-state index contributed by atoms with van der Waals surface area (Å²) in [5, 5.41) is 0.662. The Morgan fingerprint density at radius 1 is 1.00 bits per heavy atom. The molecule has 0 spiro atoms. The van der Waals surface area contributed by atoms with Crippen LogP contribution in [0.25, 0.3) is 10.9 Å². The van der Waals surface area contributed by atoms with Crippen LogP contribution < -0.4 is 0 Å². The lowest BCUT2D eigenvalue weighted by atomic mass is 9.75. The van der Waals surface area contributed by atoms with E-state index in [4.69, 9.17) is 4.74 Å². The maximum Gasteiger partial charge on any atom is 0.268 e. The van der Waals surface area contributed by atoms with Gasteiger partial charge in [0.1, 0.15) is 5.82 Å². The molecule has 6 heteroatoms. The van der Waals surface area contributed by atoms with Crippen molar-refractivity contribution in [3.8, 4) is 0 Å². The van der Waals surface area contributed by atoms with E-state index in [0.29, 0.717) is 12.0 Å². The number of fused-ring (bicyclic) bond motifs is 1. The minimum absolute atomic E-state index is 0.116. The number of hydrogen-bond acceptors (Lipinski definition) is 3. The Bertz CT molecular complexity index is 1400. The van der Waals surface area contributed by atoms with E-state index < -0.39 is 15.8 Å². The van der Waals surface area contributed by atoms with E-state index in [1.165, 1.54) is 12.3 Å². The van der Waals surface area contributed by atoms with Gasteiger partial charge in [-0.2, -0.15) is 0 Å². The Labute approximate surface area is 193 Å². The summed E-state index contributed by atoms with van der Waals surface area (Å²) in [5.74, 6) is -0.310. The minimum atomic E-state index is -3.90. The van der Waals surface area contributed by atoms with Crippen LogP contribution in [0.2, 0.25) is 0 Å². The van der Waals surface area contributed by atoms with E-state index >= 15 is 4.39 Å². The third-order valence-electron chi connectivity index (χ3n) is 6.55. The molecule has 1 aliphatic rings. The summed E-state index contributed by atoms with van der Waals surface area (Å²) >= 11 is 0. The summed E-state index contributed by atoms with van der Waals surface area (Å²) in [4.78, 5) is 0.144. The molecule has 1 aliphatic carbocycles. The van der Waals surface area contributed by atoms with Crippen LogP contribution in [0.3, 0.4) is 0 Å². The molecule has 0 N–H and O–H groups in total. The van der Waals surface area contributed by atoms with Crippen molar-refractivity contribution < 1.29 is 17.5 Å². The van der Waals surface area contributed by atoms with Crippen LogP contribution in [0.4, 0.5) is 4.39 Å². The molecule has 1 saturated carbocycles. The van der Waals surface area contributed by atoms with Gasteiger partial charge in [0.15, 0.2) is 0 Å². The number of rotatable bonds is 6. The molecule has 33 heavy (non-hydrogen) atoms. The van der Waals surface area contributed by atoms with Crippen molar-refractivity contribution in [1.29, 1.82) is 0 Å². The monoisotopic (exact) mass is 463 g/mol. The smallest absolute Gasteiger partial charge is 0.268 e. The van der Waals surface area contributed by atoms with Gasteiger partial charge in [-0.1, -0.05) is 48.0 Å². The molecule has 0 bridgehead atoms. The standard InChI is InChI=1S/C27H26FNO3S/c1-18-8-10-23(11-9-18)33(30,31)29-13-12-24-26(19(2)14-25(28)27(24)29)21-15-22(16-21)32-17-20-6-4-3-5-7-20/h3-14,21-22H,15-17H2,1-2H3. The Morgan fingerprint density at radius 3 is 2.39 bits per heavy atom. The van der Waals surface area contributed by atoms with Gasteiger partial charge in [0.2, 0.25) is 0 Å². The Balaban J connectivity index is 1.43. The van der Waals surface area contributed by atoms with Gasteiger partial charge in [-0.3, -0.25) is 0 Å². The molecule has 0 saturated heterocycles. The predicted molar refractivity (Wildman–Crippen MR) is 127 cm³/mol. The van der Waals surface area contributed by atoms with Crippen LogP contribution in [0, 0.1) is 19.7 Å². The lowest BCUT2D eigenvalue weighted by molar-refractivity contribution is -0.0205. The molecule has 0 radical (unpaired) electrons. The molecular formula is C27H26FNO3S. The first kappa shape index (κ1) is 21.9. The number of aromatic nitrogens is 1. The highest BCUT2D eigenvalue weighted by atomic mass is 32.2. The molecule has 0 aliphatic heterocycles. The summed E-state index contributed by atoms with van der Waals surface area (Å²) in [6.45, 7) is 4.36. The third kappa shape index (κ3) is 3.98. The number of ether oxygens (including phenoxy) is 1. The first-order chi connectivity index (χ1) is 15.8. The fraction of sp³-hybridized carbons (Fsp3) is 0.259. The van der Waals surface area contributed by atoms with E-state index in [1.807, 2.05) is 44.2 Å². The summed E-state index contributed by atoms with van der Waals surface area (Å²) in [5.41, 5.74) is 4.08. The van der Waals surface area contributed by atoms with Crippen LogP contribution in [0.15, 0.2) is 77.8 Å². The topological polar surface area (TPSA) is 48.3 Å². The van der Waals surface area contributed by atoms with Crippen molar-refractivity contribution in [1.82, 2.24) is 3.97 Å². The highest BCUT2D eigenvalue weighted by molar-refractivity contribution is 7.90. The van der Waals surface area contributed by atoms with Gasteiger partial charge in [-0.25, -0.2) is 16.8 Å². The highest BCUT2D eigenvalue weighted by Gasteiger charge is 2.34. The maximum atomic E-state index is 15.1. The largest absolute Gasteiger partial charge is 0.373 e. The van der Waals surface area contributed by atoms with Gasteiger partial charge in [0.25, 0.3) is 10.0 Å². The zero-order valence-corrected chi connectivity index (χ0v) is 19.5. The summed E-state index contributed by atoms with van der Waals surface area (Å²) in [7, 11) is -3.90. The summed E-state index contributed by atoms with van der Waals surface area (Å²) in [6.07, 6.45) is 3.29. The highest BCUT2D eigenvalue weighted by Crippen LogP contribution is 2.44. The molecule has 1 heterocycles. The van der Waals surface area contributed by atoms with Crippen molar-refractivity contribution >= 4 is 20.9 Å². The average Bonchev–Trinajstić information content (AvgIpc) is 3.22. The SMILES string of the molecule is Cc1ccc(S(=O)(=O)n2ccc3c(C4CC(OCc5ccccc5)C4)c(C)cc(F)c32)cc1. The molecule has 1 aromatic heterocycles. The minimum Gasteiger partial charge on any atom is -0.373 e. The second-order valence-corrected chi connectivity index (χ2v) is 10.7. The van der Waals surface area contributed by atoms with Crippen LogP contribution in [0.1, 0.15) is 41.0 Å². The molecule has 0 unspecified atom stereocenters. The first-order valence-electron chi connectivity index (χ1n) is 11.1. The summed E-state index contributed by atoms with van der Waals surface area (Å²) in [6, 6.07) is 19.9. The van der Waals surface area contributed by atoms with Crippen molar-refractivity contribution in [2.24, 2.45) is 0 Å². The fourth-order valence-corrected chi connectivity index (χ4v) is 6.06. The van der Waals surface area contributed by atoms with Crippen LogP contribution >= 0.6 is 0 Å². The van der Waals surface area contributed by atoms with Gasteiger partial charge in [-0.05, 0) is 73.6 Å². The summed E-state index contributed by atoms with van der Waals surface area (Å²) < 4.78 is 48.8. The fourth-order valence-electron chi connectivity index (χ4n) is 4.71. The quantitative estimate of drug-likeness (QED) is 0.347. The number of hydrogen-bond donors (Lipinski definition) is 0. The zero-order valence-electron chi connectivity index (χ0n) is 18.7. The number of benzene rings is 3. The van der Waals surface area contributed by atoms with Gasteiger partial charge in [0.05, 0.1) is 23.1 Å². The molecule has 0 amide bonds. The van der Waals surface area contributed by atoms with E-state index in [2.05, 4.69) is 0 Å². The second kappa shape index (κ2) is 8.43. The van der Waals surface area contributed by atoms with Gasteiger partial charge in [-0.15, -0.1) is 0 Å². The van der Waals surface area contributed by atoms with E-state index in [0.717, 1.165) is 39.1 Å². The van der Waals surface area contributed by atoms with E-state index in [1.54, 1.807) is 30.3 Å². The van der Waals surface area contributed by atoms with Crippen LogP contribution in [-0.2, 0) is 21.4 Å². The second-order valence-electron chi connectivity index (χ2n) is 8.87. The Kier molecular flexibility index (Phi) is 5.59. The average molecular weight is 464 g/mol. The van der Waals surface area contributed by atoms with Crippen molar-refractivity contribution in [2.75, 3.05) is 0 Å². The maximum absolute atomic E-state index is 15.1. The van der Waals surface area contributed by atoms with Crippen LogP contribution in [-0.4, -0.2) is 18.5 Å². The molecule has 4 nitrogen and oxygen atoms in total. The van der Waals surface area contributed by atoms with Gasteiger partial charge < -0.3 is 4.74 Å². The number of halogens is 1. The molecule has 0 atom stereocenters. The predicted octanol–water partition coefficient (Wildman–Crippen LogP) is 6.10. The lowest BCUT2D eigenvalue weighted by Crippen LogP contribution is -2.30. The molecule has 170 valence electrons. The molecular weight excluding hydrogens is 437 g/mol.